The van der Waals surface area contributed by atoms with Gasteiger partial charge in [0.05, 0.1) is 19.1 Å². The maximum atomic E-state index is 12.1. The number of carboxylic acid groups (broad SMARTS) is 1. The second kappa shape index (κ2) is 7.98. The molecule has 0 aromatic carbocycles. The number of esters is 1. The Bertz CT molecular complexity index is 512. The Morgan fingerprint density at radius 2 is 1.88 bits per heavy atom. The van der Waals surface area contributed by atoms with Crippen LogP contribution in [0.4, 0.5) is 4.79 Å². The second-order valence-corrected chi connectivity index (χ2v) is 6.59. The first kappa shape index (κ1) is 19.7. The molecule has 1 heterocycles. The average Bonchev–Trinajstić information content (AvgIpc) is 2.44. The highest BCUT2D eigenvalue weighted by Crippen LogP contribution is 2.21. The first-order chi connectivity index (χ1) is 11.0. The lowest BCUT2D eigenvalue weighted by Crippen LogP contribution is -2.56. The van der Waals surface area contributed by atoms with E-state index in [9.17, 15) is 24.3 Å². The minimum Gasteiger partial charge on any atom is -0.481 e. The molecule has 1 aliphatic heterocycles. The molecule has 0 aromatic rings. The molecule has 1 aliphatic rings. The van der Waals surface area contributed by atoms with E-state index in [1.54, 1.807) is 20.8 Å². The Balaban J connectivity index is 2.76. The van der Waals surface area contributed by atoms with E-state index >= 15 is 0 Å². The lowest BCUT2D eigenvalue weighted by atomic mass is 9.91. The van der Waals surface area contributed by atoms with Crippen molar-refractivity contribution in [2.24, 2.45) is 5.92 Å². The summed E-state index contributed by atoms with van der Waals surface area (Å²) < 4.78 is 9.66. The molecule has 9 heteroatoms. The number of methoxy groups -OCH3 is 1. The monoisotopic (exact) mass is 344 g/mol. The van der Waals surface area contributed by atoms with E-state index in [0.29, 0.717) is 0 Å². The molecule has 2 amide bonds. The predicted molar refractivity (Wildman–Crippen MR) is 82.1 cm³/mol. The van der Waals surface area contributed by atoms with Gasteiger partial charge in [-0.3, -0.25) is 14.4 Å². The number of carbonyl (C=O) groups excluding carboxylic acids is 3. The molecule has 0 aromatic heterocycles. The third kappa shape index (κ3) is 6.05. The van der Waals surface area contributed by atoms with Crippen LogP contribution in [-0.4, -0.2) is 65.8 Å². The van der Waals surface area contributed by atoms with Gasteiger partial charge in [0.25, 0.3) is 0 Å². The zero-order valence-electron chi connectivity index (χ0n) is 14.3. The van der Waals surface area contributed by atoms with E-state index in [4.69, 9.17) is 4.74 Å². The summed E-state index contributed by atoms with van der Waals surface area (Å²) in [6, 6.07) is -0.805. The molecule has 0 saturated carbocycles. The molecule has 0 radical (unpaired) electrons. The third-order valence-corrected chi connectivity index (χ3v) is 3.46. The first-order valence-electron chi connectivity index (χ1n) is 7.60. The summed E-state index contributed by atoms with van der Waals surface area (Å²) in [4.78, 5) is 47.8. The van der Waals surface area contributed by atoms with Gasteiger partial charge in [-0.1, -0.05) is 0 Å². The van der Waals surface area contributed by atoms with E-state index in [0.717, 1.165) is 7.11 Å². The van der Waals surface area contributed by atoms with Gasteiger partial charge < -0.3 is 24.8 Å². The minimum absolute atomic E-state index is 0.00120. The number of hydrogen-bond donors (Lipinski definition) is 2. The topological polar surface area (TPSA) is 122 Å². The van der Waals surface area contributed by atoms with Gasteiger partial charge in [-0.15, -0.1) is 0 Å². The number of rotatable bonds is 4. The number of amides is 2. The number of carbonyl (C=O) groups is 4. The quantitative estimate of drug-likeness (QED) is 0.558. The Hall–Kier alpha value is -2.32. The molecule has 1 fully saturated rings. The maximum Gasteiger partial charge on any atom is 0.410 e. The number of likely N-dealkylation sites (tertiary alicyclic amines) is 1. The second-order valence-electron chi connectivity index (χ2n) is 6.59. The Labute approximate surface area is 140 Å². The van der Waals surface area contributed by atoms with Crippen molar-refractivity contribution in [1.82, 2.24) is 10.2 Å². The van der Waals surface area contributed by atoms with Crippen LogP contribution < -0.4 is 5.32 Å². The van der Waals surface area contributed by atoms with Gasteiger partial charge in [-0.2, -0.15) is 0 Å². The first-order valence-corrected chi connectivity index (χ1v) is 7.60. The smallest absolute Gasteiger partial charge is 0.410 e. The molecule has 9 nitrogen and oxygen atoms in total. The summed E-state index contributed by atoms with van der Waals surface area (Å²) in [6.45, 7) is 5.40. The number of aliphatic carboxylic acids is 1. The van der Waals surface area contributed by atoms with E-state index in [1.165, 1.54) is 4.90 Å². The van der Waals surface area contributed by atoms with Gasteiger partial charge >= 0.3 is 18.0 Å². The van der Waals surface area contributed by atoms with E-state index in [1.807, 2.05) is 0 Å². The fourth-order valence-electron chi connectivity index (χ4n) is 2.35. The molecule has 1 rings (SSSR count). The van der Waals surface area contributed by atoms with Crippen LogP contribution in [0.25, 0.3) is 0 Å². The fraction of sp³-hybridized carbons (Fsp3) is 0.733. The lowest BCUT2D eigenvalue weighted by Gasteiger charge is -2.37. The standard InChI is InChI=1S/C15H24N2O7/c1-15(2,3)24-14(22)17-6-5-9(13(20)21)10(8-17)16-11(18)7-12(19)23-4/h9-10H,5-8H2,1-4H3,(H,16,18)(H,20,21). The van der Waals surface area contributed by atoms with Crippen LogP contribution >= 0.6 is 0 Å². The Morgan fingerprint density at radius 1 is 1.25 bits per heavy atom. The van der Waals surface area contributed by atoms with Crippen molar-refractivity contribution in [1.29, 1.82) is 0 Å². The fourth-order valence-corrected chi connectivity index (χ4v) is 2.35. The molecule has 24 heavy (non-hydrogen) atoms. The van der Waals surface area contributed by atoms with Crippen molar-refractivity contribution >= 4 is 23.9 Å². The molecule has 2 unspecified atom stereocenters. The summed E-state index contributed by atoms with van der Waals surface area (Å²) in [5.74, 6) is -3.28. The zero-order chi connectivity index (χ0) is 18.5. The summed E-state index contributed by atoms with van der Waals surface area (Å²) in [5.41, 5.74) is -0.676. The molecule has 2 N–H and O–H groups in total. The number of nitrogens with zero attached hydrogens (tertiary/aromatic N) is 1. The number of piperidine rings is 1. The van der Waals surface area contributed by atoms with Crippen LogP contribution in [-0.2, 0) is 23.9 Å². The molecule has 0 bridgehead atoms. The summed E-state index contributed by atoms with van der Waals surface area (Å²) in [7, 11) is 1.15. The lowest BCUT2D eigenvalue weighted by molar-refractivity contribution is -0.145. The third-order valence-electron chi connectivity index (χ3n) is 3.46. The highest BCUT2D eigenvalue weighted by atomic mass is 16.6. The summed E-state index contributed by atoms with van der Waals surface area (Å²) >= 11 is 0. The van der Waals surface area contributed by atoms with Crippen LogP contribution in [0.3, 0.4) is 0 Å². The number of carboxylic acids is 1. The van der Waals surface area contributed by atoms with Crippen LogP contribution in [0, 0.1) is 5.92 Å². The van der Waals surface area contributed by atoms with Gasteiger partial charge in [-0.25, -0.2) is 4.79 Å². The van der Waals surface area contributed by atoms with E-state index in [-0.39, 0.29) is 19.5 Å². The largest absolute Gasteiger partial charge is 0.481 e. The van der Waals surface area contributed by atoms with Crippen LogP contribution in [0.5, 0.6) is 0 Å². The molecule has 2 atom stereocenters. The van der Waals surface area contributed by atoms with E-state index < -0.39 is 47.9 Å². The van der Waals surface area contributed by atoms with Gasteiger partial charge in [0, 0.05) is 13.1 Å². The van der Waals surface area contributed by atoms with Crippen molar-refractivity contribution in [2.75, 3.05) is 20.2 Å². The number of hydrogen-bond acceptors (Lipinski definition) is 6. The molecule has 0 spiro atoms. The maximum absolute atomic E-state index is 12.1. The van der Waals surface area contributed by atoms with Crippen LogP contribution in [0.1, 0.15) is 33.6 Å². The van der Waals surface area contributed by atoms with Crippen molar-refractivity contribution < 1.29 is 33.8 Å². The predicted octanol–water partition coefficient (Wildman–Crippen LogP) is 0.376. The van der Waals surface area contributed by atoms with Crippen LogP contribution in [0.15, 0.2) is 0 Å². The van der Waals surface area contributed by atoms with Gasteiger partial charge in [0.2, 0.25) is 5.91 Å². The highest BCUT2D eigenvalue weighted by molar-refractivity contribution is 5.94. The highest BCUT2D eigenvalue weighted by Gasteiger charge is 2.38. The molecule has 0 aliphatic carbocycles. The zero-order valence-corrected chi connectivity index (χ0v) is 14.3. The minimum atomic E-state index is -1.07. The van der Waals surface area contributed by atoms with Gasteiger partial charge in [0.1, 0.15) is 12.0 Å². The number of ether oxygens (including phenoxy) is 2. The van der Waals surface area contributed by atoms with Crippen LogP contribution in [0.2, 0.25) is 0 Å². The molecule has 1 saturated heterocycles. The van der Waals surface area contributed by atoms with Crippen molar-refractivity contribution in [3.05, 3.63) is 0 Å². The Kier molecular flexibility index (Phi) is 6.56. The van der Waals surface area contributed by atoms with Gasteiger partial charge in [0.15, 0.2) is 0 Å². The normalized spacial score (nSPS) is 20.9. The molecule has 136 valence electrons. The SMILES string of the molecule is COC(=O)CC(=O)NC1CN(C(=O)OC(C)(C)C)CCC1C(=O)O. The van der Waals surface area contributed by atoms with Crippen molar-refractivity contribution in [2.45, 2.75) is 45.3 Å². The van der Waals surface area contributed by atoms with Gasteiger partial charge in [-0.05, 0) is 27.2 Å². The summed E-state index contributed by atoms with van der Waals surface area (Å²) in [5, 5.41) is 11.8. The van der Waals surface area contributed by atoms with E-state index in [2.05, 4.69) is 10.1 Å². The number of nitrogens with one attached hydrogen (secondary N) is 1. The summed E-state index contributed by atoms with van der Waals surface area (Å²) in [6.07, 6.45) is -0.901. The van der Waals surface area contributed by atoms with Crippen molar-refractivity contribution in [3.8, 4) is 0 Å². The molecular weight excluding hydrogens is 320 g/mol. The Morgan fingerprint density at radius 3 is 2.38 bits per heavy atom. The average molecular weight is 344 g/mol. The van der Waals surface area contributed by atoms with Crippen molar-refractivity contribution in [3.63, 3.8) is 0 Å². The molecular formula is C15H24N2O7.